The van der Waals surface area contributed by atoms with Crippen LogP contribution in [0.5, 0.6) is 5.75 Å². The van der Waals surface area contributed by atoms with Crippen LogP contribution in [0.2, 0.25) is 0 Å². The lowest BCUT2D eigenvalue weighted by molar-refractivity contribution is -0.190. The van der Waals surface area contributed by atoms with E-state index < -0.39 is 5.97 Å². The van der Waals surface area contributed by atoms with Gasteiger partial charge in [0.1, 0.15) is 5.75 Å². The van der Waals surface area contributed by atoms with Crippen LogP contribution >= 0.6 is 11.3 Å². The maximum absolute atomic E-state index is 13.0. The molecule has 0 unspecified atom stereocenters. The Morgan fingerprint density at radius 3 is 2.27 bits per heavy atom. The third-order valence-corrected chi connectivity index (χ3v) is 5.60. The molecule has 0 radical (unpaired) electrons. The summed E-state index contributed by atoms with van der Waals surface area (Å²) >= 11 is 1.33. The highest BCUT2D eigenvalue weighted by Gasteiger charge is 2.21. The van der Waals surface area contributed by atoms with Gasteiger partial charge in [0.25, 0.3) is 5.91 Å². The molecule has 0 N–H and O–H groups in total. The van der Waals surface area contributed by atoms with Gasteiger partial charge in [0.15, 0.2) is 0 Å². The fraction of sp³-hybridized carbons (Fsp3) is 0.174. The molecule has 0 atom stereocenters. The smallest absolute Gasteiger partial charge is 0.329 e. The van der Waals surface area contributed by atoms with Crippen LogP contribution in [0.3, 0.4) is 0 Å². The number of hydroxylamine groups is 2. The molecule has 0 saturated carbocycles. The van der Waals surface area contributed by atoms with E-state index in [9.17, 15) is 14.4 Å². The fourth-order valence-electron chi connectivity index (χ4n) is 2.91. The molecule has 0 aliphatic heterocycles. The van der Waals surface area contributed by atoms with E-state index >= 15 is 0 Å². The van der Waals surface area contributed by atoms with Crippen LogP contribution in [0.25, 0.3) is 10.4 Å². The second-order valence-electron chi connectivity index (χ2n) is 6.54. The van der Waals surface area contributed by atoms with E-state index in [2.05, 4.69) is 0 Å². The first-order chi connectivity index (χ1) is 14.4. The quantitative estimate of drug-likeness (QED) is 0.440. The van der Waals surface area contributed by atoms with Crippen molar-refractivity contribution >= 4 is 29.0 Å². The number of nitrogens with zero attached hydrogens (tertiary/aromatic N) is 1. The number of ketones is 1. The molecule has 1 heterocycles. The summed E-state index contributed by atoms with van der Waals surface area (Å²) in [4.78, 5) is 42.8. The molecule has 3 rings (SSSR count). The Bertz CT molecular complexity index is 1060. The molecule has 30 heavy (non-hydrogen) atoms. The highest BCUT2D eigenvalue weighted by molar-refractivity contribution is 7.17. The van der Waals surface area contributed by atoms with Crippen molar-refractivity contribution in [1.82, 2.24) is 5.06 Å². The third kappa shape index (κ3) is 4.93. The maximum atomic E-state index is 13.0. The summed E-state index contributed by atoms with van der Waals surface area (Å²) in [5, 5.41) is 0.916. The van der Waals surface area contributed by atoms with Crippen LogP contribution in [0.1, 0.15) is 27.7 Å². The van der Waals surface area contributed by atoms with Gasteiger partial charge < -0.3 is 9.57 Å². The van der Waals surface area contributed by atoms with Crippen molar-refractivity contribution in [3.63, 3.8) is 0 Å². The molecule has 0 aliphatic rings. The lowest BCUT2D eigenvalue weighted by Gasteiger charge is -2.15. The largest absolute Gasteiger partial charge is 0.497 e. The predicted molar refractivity (Wildman–Crippen MR) is 114 cm³/mol. The number of likely N-dealkylation sites (N-methyl/N-ethyl adjacent to an activating group) is 1. The molecule has 0 aliphatic carbocycles. The first kappa shape index (κ1) is 21.3. The molecule has 0 bridgehead atoms. The number of carbonyl (C=O) groups excluding carboxylic acids is 3. The number of benzene rings is 2. The van der Waals surface area contributed by atoms with Crippen LogP contribution in [0, 0.1) is 0 Å². The Morgan fingerprint density at radius 1 is 1.00 bits per heavy atom. The monoisotopic (exact) mass is 423 g/mol. The zero-order valence-corrected chi connectivity index (χ0v) is 17.7. The van der Waals surface area contributed by atoms with E-state index in [4.69, 9.17) is 9.57 Å². The van der Waals surface area contributed by atoms with Crippen molar-refractivity contribution in [2.24, 2.45) is 0 Å². The van der Waals surface area contributed by atoms with Crippen molar-refractivity contribution in [1.29, 1.82) is 0 Å². The molecule has 6 nitrogen and oxygen atoms in total. The number of ether oxygens (including phenoxy) is 1. The van der Waals surface area contributed by atoms with E-state index in [-0.39, 0.29) is 18.1 Å². The SMILES string of the molecule is COc1ccc(C(=O)c2cc(CC(=O)N(C)OC(C)=O)c(-c3ccccc3)s2)cc1. The minimum atomic E-state index is -0.574. The number of carbonyl (C=O) groups is 3. The summed E-state index contributed by atoms with van der Waals surface area (Å²) in [5.41, 5.74) is 2.15. The summed E-state index contributed by atoms with van der Waals surface area (Å²) in [6.07, 6.45) is 0.000397. The second kappa shape index (κ2) is 9.37. The average molecular weight is 423 g/mol. The molecule has 154 valence electrons. The third-order valence-electron chi connectivity index (χ3n) is 4.38. The summed E-state index contributed by atoms with van der Waals surface area (Å²) in [6.45, 7) is 1.23. The average Bonchev–Trinajstić information content (AvgIpc) is 3.17. The molecule has 0 saturated heterocycles. The van der Waals surface area contributed by atoms with E-state index in [0.717, 1.165) is 15.5 Å². The van der Waals surface area contributed by atoms with Gasteiger partial charge in [-0.3, -0.25) is 14.4 Å². The molecule has 1 aromatic heterocycles. The zero-order chi connectivity index (χ0) is 21.7. The molecule has 1 amide bonds. The van der Waals surface area contributed by atoms with E-state index in [1.54, 1.807) is 37.4 Å². The normalized spacial score (nSPS) is 10.4. The summed E-state index contributed by atoms with van der Waals surface area (Å²) in [5.74, 6) is -0.423. The van der Waals surface area contributed by atoms with Gasteiger partial charge in [-0.15, -0.1) is 11.3 Å². The number of methoxy groups -OCH3 is 1. The van der Waals surface area contributed by atoms with Gasteiger partial charge in [-0.05, 0) is 41.5 Å². The predicted octanol–water partition coefficient (Wildman–Crippen LogP) is 4.13. The molecular weight excluding hydrogens is 402 g/mol. The Hall–Kier alpha value is -3.45. The molecular formula is C23H21NO5S. The Balaban J connectivity index is 1.94. The number of thiophene rings is 1. The van der Waals surface area contributed by atoms with Crippen LogP contribution < -0.4 is 4.74 Å². The fourth-order valence-corrected chi connectivity index (χ4v) is 4.06. The van der Waals surface area contributed by atoms with E-state index in [0.29, 0.717) is 21.8 Å². The van der Waals surface area contributed by atoms with Gasteiger partial charge in [0.2, 0.25) is 5.78 Å². The van der Waals surface area contributed by atoms with E-state index in [1.165, 1.54) is 25.3 Å². The number of amides is 1. The minimum Gasteiger partial charge on any atom is -0.497 e. The first-order valence-electron chi connectivity index (χ1n) is 9.21. The number of hydrogen-bond donors (Lipinski definition) is 0. The standard InChI is InChI=1S/C23H21NO5S/c1-15(25)29-24(2)21(26)14-18-13-20(30-23(18)17-7-5-4-6-8-17)22(27)16-9-11-19(28-3)12-10-16/h4-13H,14H2,1-3H3. The Kier molecular flexibility index (Phi) is 6.64. The lowest BCUT2D eigenvalue weighted by Crippen LogP contribution is -2.30. The zero-order valence-electron chi connectivity index (χ0n) is 16.9. The van der Waals surface area contributed by atoms with Gasteiger partial charge >= 0.3 is 5.97 Å². The van der Waals surface area contributed by atoms with Gasteiger partial charge in [0, 0.05) is 24.4 Å². The van der Waals surface area contributed by atoms with Gasteiger partial charge in [0.05, 0.1) is 18.4 Å². The maximum Gasteiger partial charge on any atom is 0.329 e. The summed E-state index contributed by atoms with van der Waals surface area (Å²) in [6, 6.07) is 18.2. The first-order valence-corrected chi connectivity index (χ1v) is 10.0. The lowest BCUT2D eigenvalue weighted by atomic mass is 10.0. The van der Waals surface area contributed by atoms with Crippen LogP contribution in [0.4, 0.5) is 0 Å². The number of hydrogen-bond acceptors (Lipinski definition) is 6. The van der Waals surface area contributed by atoms with Gasteiger partial charge in [-0.2, -0.15) is 5.06 Å². The molecule has 3 aromatic rings. The van der Waals surface area contributed by atoms with Gasteiger partial charge in [-0.25, -0.2) is 0 Å². The topological polar surface area (TPSA) is 72.9 Å². The van der Waals surface area contributed by atoms with Crippen molar-refractivity contribution in [3.05, 3.63) is 76.7 Å². The van der Waals surface area contributed by atoms with Crippen molar-refractivity contribution < 1.29 is 24.0 Å². The van der Waals surface area contributed by atoms with Crippen LogP contribution in [0.15, 0.2) is 60.7 Å². The highest BCUT2D eigenvalue weighted by atomic mass is 32.1. The Labute approximate surface area is 178 Å². The molecule has 0 spiro atoms. The molecule has 2 aromatic carbocycles. The van der Waals surface area contributed by atoms with E-state index in [1.807, 2.05) is 30.3 Å². The highest BCUT2D eigenvalue weighted by Crippen LogP contribution is 2.34. The second-order valence-corrected chi connectivity index (χ2v) is 7.59. The molecule has 7 heteroatoms. The summed E-state index contributed by atoms with van der Waals surface area (Å²) < 4.78 is 5.14. The van der Waals surface area contributed by atoms with Crippen molar-refractivity contribution in [3.8, 4) is 16.2 Å². The molecule has 0 fully saturated rings. The summed E-state index contributed by atoms with van der Waals surface area (Å²) in [7, 11) is 2.96. The van der Waals surface area contributed by atoms with Gasteiger partial charge in [-0.1, -0.05) is 30.3 Å². The minimum absolute atomic E-state index is 0.000397. The number of rotatable bonds is 6. The van der Waals surface area contributed by atoms with Crippen LogP contribution in [-0.2, 0) is 20.8 Å². The van der Waals surface area contributed by atoms with Crippen molar-refractivity contribution in [2.75, 3.05) is 14.2 Å². The van der Waals surface area contributed by atoms with Crippen molar-refractivity contribution in [2.45, 2.75) is 13.3 Å². The van der Waals surface area contributed by atoms with Crippen LogP contribution in [-0.4, -0.2) is 36.9 Å². The Morgan fingerprint density at radius 2 is 1.67 bits per heavy atom.